The van der Waals surface area contributed by atoms with Crippen LogP contribution in [0.4, 0.5) is 0 Å². The zero-order valence-corrected chi connectivity index (χ0v) is 11.9. The number of hydrogen-bond acceptors (Lipinski definition) is 3. The first-order valence-corrected chi connectivity index (χ1v) is 7.06. The third kappa shape index (κ3) is 1.94. The Morgan fingerprint density at radius 1 is 1.28 bits per heavy atom. The Kier molecular flexibility index (Phi) is 3.09. The Morgan fingerprint density at radius 3 is 2.72 bits per heavy atom. The molecule has 0 saturated heterocycles. The summed E-state index contributed by atoms with van der Waals surface area (Å²) in [7, 11) is 0. The van der Waals surface area contributed by atoms with Gasteiger partial charge in [0.15, 0.2) is 0 Å². The van der Waals surface area contributed by atoms with Gasteiger partial charge in [0.1, 0.15) is 11.3 Å². The number of thiocarbonyl (C=S) groups is 1. The fourth-order valence-corrected chi connectivity index (χ4v) is 3.73. The monoisotopic (exact) mass is 292 g/mol. The first kappa shape index (κ1) is 12.1. The molecule has 2 aliphatic heterocycles. The second-order valence-electron chi connectivity index (χ2n) is 4.06. The van der Waals surface area contributed by atoms with E-state index >= 15 is 0 Å². The van der Waals surface area contributed by atoms with Crippen LogP contribution in [0.25, 0.3) is 5.57 Å². The molecule has 1 aromatic carbocycles. The van der Waals surface area contributed by atoms with Gasteiger partial charge in [-0.05, 0) is 35.1 Å². The zero-order valence-electron chi connectivity index (χ0n) is 9.55. The number of fused-ring (bicyclic) bond motifs is 1. The quantitative estimate of drug-likeness (QED) is 0.725. The van der Waals surface area contributed by atoms with E-state index in [1.807, 2.05) is 24.3 Å². The fraction of sp³-hybridized carbons (Fsp3) is 0.154. The molecule has 0 N–H and O–H groups in total. The van der Waals surface area contributed by atoms with Gasteiger partial charge in [0.25, 0.3) is 0 Å². The topological polar surface area (TPSA) is 24.7 Å². The minimum absolute atomic E-state index is 0.0381. The van der Waals surface area contributed by atoms with E-state index in [0.717, 1.165) is 15.6 Å². The molecule has 18 heavy (non-hydrogen) atoms. The van der Waals surface area contributed by atoms with Gasteiger partial charge < -0.3 is 0 Å². The Hall–Kier alpha value is -0.970. The van der Waals surface area contributed by atoms with E-state index in [0.29, 0.717) is 4.99 Å². The lowest BCUT2D eigenvalue weighted by Crippen LogP contribution is -2.20. The molecule has 2 aliphatic rings. The normalized spacial score (nSPS) is 22.2. The summed E-state index contributed by atoms with van der Waals surface area (Å²) in [6.45, 7) is 2.10. The summed E-state index contributed by atoms with van der Waals surface area (Å²) < 4.78 is 0. The van der Waals surface area contributed by atoms with E-state index in [2.05, 4.69) is 16.9 Å². The Balaban J connectivity index is 2.08. The number of rotatable bonds is 1. The van der Waals surface area contributed by atoms with Crippen LogP contribution in [0, 0.1) is 5.92 Å². The molecule has 3 rings (SSSR count). The van der Waals surface area contributed by atoms with E-state index < -0.39 is 0 Å². The van der Waals surface area contributed by atoms with Gasteiger partial charge in [-0.1, -0.05) is 47.7 Å². The maximum atomic E-state index is 5.93. The zero-order chi connectivity index (χ0) is 12.7. The number of halogens is 1. The predicted octanol–water partition coefficient (Wildman–Crippen LogP) is 4.20. The highest BCUT2D eigenvalue weighted by atomic mass is 35.5. The van der Waals surface area contributed by atoms with E-state index in [1.54, 1.807) is 18.1 Å². The third-order valence-corrected chi connectivity index (χ3v) is 4.61. The molecular weight excluding hydrogens is 284 g/mol. The molecule has 90 valence electrons. The van der Waals surface area contributed by atoms with Crippen molar-refractivity contribution in [3.63, 3.8) is 0 Å². The van der Waals surface area contributed by atoms with Crippen LogP contribution in [0.2, 0.25) is 5.02 Å². The van der Waals surface area contributed by atoms with Crippen LogP contribution in [0.3, 0.4) is 0 Å². The molecule has 0 aromatic heterocycles. The second-order valence-corrected chi connectivity index (χ2v) is 6.15. The SMILES string of the molecule is CC1=C(c2ccc(Cl)cc2)C2C(=S)N=CN=C2S1. The maximum Gasteiger partial charge on any atom is 0.119 e. The average Bonchev–Trinajstić information content (AvgIpc) is 2.68. The average molecular weight is 293 g/mol. The molecular formula is C13H9ClN2S2. The first-order valence-electron chi connectivity index (χ1n) is 5.45. The Bertz CT molecular complexity index is 614. The highest BCUT2D eigenvalue weighted by Gasteiger charge is 2.35. The number of benzene rings is 1. The molecule has 0 spiro atoms. The molecule has 1 unspecified atom stereocenters. The standard InChI is InChI=1S/C13H9ClN2S2/c1-7-10(8-2-4-9(14)5-3-8)11-12(17)15-6-16-13(11)18-7/h2-6,11H,1H3. The first-order chi connectivity index (χ1) is 8.66. The van der Waals surface area contributed by atoms with Crippen molar-refractivity contribution < 1.29 is 0 Å². The molecule has 0 amide bonds. The van der Waals surface area contributed by atoms with Crippen LogP contribution in [0.5, 0.6) is 0 Å². The van der Waals surface area contributed by atoms with Crippen LogP contribution < -0.4 is 0 Å². The van der Waals surface area contributed by atoms with Crippen molar-refractivity contribution in [1.82, 2.24) is 0 Å². The molecule has 2 heterocycles. The molecule has 2 nitrogen and oxygen atoms in total. The molecule has 0 radical (unpaired) electrons. The smallest absolute Gasteiger partial charge is 0.119 e. The van der Waals surface area contributed by atoms with Crippen molar-refractivity contribution in [3.05, 3.63) is 39.8 Å². The lowest BCUT2D eigenvalue weighted by Gasteiger charge is -2.16. The van der Waals surface area contributed by atoms with Crippen molar-refractivity contribution in [2.45, 2.75) is 6.92 Å². The molecule has 0 bridgehead atoms. The van der Waals surface area contributed by atoms with E-state index in [1.165, 1.54) is 10.5 Å². The highest BCUT2D eigenvalue weighted by Crippen LogP contribution is 2.45. The van der Waals surface area contributed by atoms with Gasteiger partial charge in [-0.25, -0.2) is 9.98 Å². The minimum atomic E-state index is 0.0381. The van der Waals surface area contributed by atoms with Gasteiger partial charge in [0.05, 0.1) is 11.0 Å². The maximum absolute atomic E-state index is 5.93. The summed E-state index contributed by atoms with van der Waals surface area (Å²) in [4.78, 5) is 10.4. The summed E-state index contributed by atoms with van der Waals surface area (Å²) in [6, 6.07) is 7.83. The summed E-state index contributed by atoms with van der Waals surface area (Å²) >= 11 is 13.0. The van der Waals surface area contributed by atoms with Crippen LogP contribution in [0.15, 0.2) is 39.2 Å². The van der Waals surface area contributed by atoms with E-state index in [-0.39, 0.29) is 5.92 Å². The van der Waals surface area contributed by atoms with Crippen molar-refractivity contribution in [2.24, 2.45) is 15.9 Å². The molecule has 0 fully saturated rings. The van der Waals surface area contributed by atoms with Crippen molar-refractivity contribution in [2.75, 3.05) is 0 Å². The van der Waals surface area contributed by atoms with Crippen LogP contribution in [-0.2, 0) is 0 Å². The van der Waals surface area contributed by atoms with Crippen LogP contribution in [-0.4, -0.2) is 16.4 Å². The number of allylic oxidation sites excluding steroid dienone is 1. The van der Waals surface area contributed by atoms with Gasteiger partial charge in [-0.2, -0.15) is 0 Å². The number of nitrogens with zero attached hydrogens (tertiary/aromatic N) is 2. The van der Waals surface area contributed by atoms with Crippen molar-refractivity contribution in [3.8, 4) is 0 Å². The number of hydrogen-bond donors (Lipinski definition) is 0. The molecule has 5 heteroatoms. The lowest BCUT2D eigenvalue weighted by atomic mass is 9.92. The van der Waals surface area contributed by atoms with Gasteiger partial charge in [-0.15, -0.1) is 0 Å². The number of thioether (sulfide) groups is 1. The van der Waals surface area contributed by atoms with Gasteiger partial charge >= 0.3 is 0 Å². The van der Waals surface area contributed by atoms with E-state index in [9.17, 15) is 0 Å². The Morgan fingerprint density at radius 2 is 2.00 bits per heavy atom. The largest absolute Gasteiger partial charge is 0.233 e. The van der Waals surface area contributed by atoms with E-state index in [4.69, 9.17) is 23.8 Å². The summed E-state index contributed by atoms with van der Waals surface area (Å²) in [6.07, 6.45) is 1.54. The minimum Gasteiger partial charge on any atom is -0.233 e. The third-order valence-electron chi connectivity index (χ3n) is 2.94. The van der Waals surface area contributed by atoms with Crippen molar-refractivity contribution >= 4 is 57.5 Å². The summed E-state index contributed by atoms with van der Waals surface area (Å²) in [5.41, 5.74) is 2.34. The van der Waals surface area contributed by atoms with Crippen LogP contribution in [0.1, 0.15) is 12.5 Å². The Labute approximate surface area is 120 Å². The second kappa shape index (κ2) is 4.61. The lowest BCUT2D eigenvalue weighted by molar-refractivity contribution is 1.23. The molecule has 0 saturated carbocycles. The fourth-order valence-electron chi connectivity index (χ4n) is 2.14. The van der Waals surface area contributed by atoms with Gasteiger partial charge in [-0.3, -0.25) is 0 Å². The number of aliphatic imine (C=N–C) groups is 2. The highest BCUT2D eigenvalue weighted by molar-refractivity contribution is 8.18. The predicted molar refractivity (Wildman–Crippen MR) is 83.7 cm³/mol. The molecule has 0 aliphatic carbocycles. The van der Waals surface area contributed by atoms with Gasteiger partial charge in [0, 0.05) is 5.02 Å². The molecule has 1 atom stereocenters. The van der Waals surface area contributed by atoms with Gasteiger partial charge in [0.2, 0.25) is 0 Å². The molecule has 1 aromatic rings. The van der Waals surface area contributed by atoms with Crippen LogP contribution >= 0.6 is 35.6 Å². The summed E-state index contributed by atoms with van der Waals surface area (Å²) in [5, 5.41) is 1.76. The summed E-state index contributed by atoms with van der Waals surface area (Å²) in [5.74, 6) is 0.0381. The van der Waals surface area contributed by atoms with Crippen molar-refractivity contribution in [1.29, 1.82) is 0 Å².